The van der Waals surface area contributed by atoms with E-state index in [9.17, 15) is 34.0 Å². The molecule has 0 saturated heterocycles. The zero-order valence-electron chi connectivity index (χ0n) is 28.4. The predicted molar refractivity (Wildman–Crippen MR) is 171 cm³/mol. The number of aliphatic hydroxyl groups is 2. The number of fused-ring (bicyclic) bond motifs is 5. The highest BCUT2D eigenvalue weighted by Gasteiger charge is 2.63. The van der Waals surface area contributed by atoms with E-state index < -0.39 is 44.2 Å². The summed E-state index contributed by atoms with van der Waals surface area (Å²) in [5, 5.41) is 24.6. The number of ketones is 1. The first-order chi connectivity index (χ1) is 22.0. The molecule has 0 heterocycles. The monoisotopic (exact) mass is 685 g/mol. The number of nitrogens with one attached hydrogen (secondary N) is 1. The molecule has 4 rings (SSSR count). The summed E-state index contributed by atoms with van der Waals surface area (Å²) >= 11 is 0. The summed E-state index contributed by atoms with van der Waals surface area (Å²) in [5.74, 6) is -0.697. The summed E-state index contributed by atoms with van der Waals surface area (Å²) in [6.07, 6.45) is 7.31. The van der Waals surface area contributed by atoms with Crippen LogP contribution in [0.5, 0.6) is 0 Å². The zero-order valence-corrected chi connectivity index (χ0v) is 29.3. The van der Waals surface area contributed by atoms with Crippen LogP contribution in [0.15, 0.2) is 0 Å². The Morgan fingerprint density at radius 3 is 2.30 bits per heavy atom. The van der Waals surface area contributed by atoms with E-state index in [0.29, 0.717) is 36.0 Å². The van der Waals surface area contributed by atoms with Gasteiger partial charge in [-0.25, -0.2) is 0 Å². The summed E-state index contributed by atoms with van der Waals surface area (Å²) in [5.41, 5.74) is -0.00657. The Bertz CT molecular complexity index is 1210. The number of carbonyl (C=O) groups excluding carboxylic acids is 4. The minimum atomic E-state index is -4.42. The largest absolute Gasteiger partial charge is 0.428 e. The van der Waals surface area contributed by atoms with Crippen molar-refractivity contribution in [3.8, 4) is 0 Å². The van der Waals surface area contributed by atoms with Crippen LogP contribution < -0.4 is 5.32 Å². The summed E-state index contributed by atoms with van der Waals surface area (Å²) in [7, 11) is -4.42. The number of carbonyl (C=O) groups is 4. The van der Waals surface area contributed by atoms with E-state index in [1.807, 2.05) is 0 Å². The molecular formula is C34H56NO11P. The Morgan fingerprint density at radius 1 is 0.915 bits per heavy atom. The molecular weight excluding hydrogens is 629 g/mol. The first kappa shape index (κ1) is 38.0. The molecule has 0 aliphatic heterocycles. The minimum Gasteiger partial charge on any atom is -0.428 e. The van der Waals surface area contributed by atoms with Crippen LogP contribution in [0.1, 0.15) is 105 Å². The molecule has 0 aromatic heterocycles. The fourth-order valence-corrected chi connectivity index (χ4v) is 11.3. The number of hydrogen-bond acceptors (Lipinski definition) is 9. The van der Waals surface area contributed by atoms with E-state index >= 15 is 0 Å². The molecule has 0 spiro atoms. The topological polar surface area (TPSA) is 197 Å². The molecule has 268 valence electrons. The van der Waals surface area contributed by atoms with Crippen molar-refractivity contribution >= 4 is 31.2 Å². The molecule has 4 aliphatic carbocycles. The van der Waals surface area contributed by atoms with Crippen LogP contribution in [0, 0.1) is 52.3 Å². The third kappa shape index (κ3) is 8.85. The molecule has 4 saturated carbocycles. The molecule has 0 aromatic carbocycles. The van der Waals surface area contributed by atoms with Crippen molar-refractivity contribution in [3.05, 3.63) is 0 Å². The van der Waals surface area contributed by atoms with Crippen LogP contribution in [0.4, 0.5) is 0 Å². The van der Waals surface area contributed by atoms with Gasteiger partial charge in [0.2, 0.25) is 12.7 Å². The van der Waals surface area contributed by atoms with E-state index in [-0.39, 0.29) is 60.7 Å². The molecule has 11 atom stereocenters. The van der Waals surface area contributed by atoms with Crippen molar-refractivity contribution in [2.24, 2.45) is 52.3 Å². The second-order valence-corrected chi connectivity index (χ2v) is 17.2. The van der Waals surface area contributed by atoms with Crippen LogP contribution in [-0.4, -0.2) is 75.3 Å². The van der Waals surface area contributed by atoms with Gasteiger partial charge in [-0.3, -0.25) is 23.7 Å². The van der Waals surface area contributed by atoms with Crippen molar-refractivity contribution in [3.63, 3.8) is 0 Å². The average molecular weight is 686 g/mol. The number of rotatable bonds is 14. The summed E-state index contributed by atoms with van der Waals surface area (Å²) in [6.45, 7) is 6.98. The van der Waals surface area contributed by atoms with Gasteiger partial charge in [0.1, 0.15) is 12.3 Å². The standard InChI is InChI=1S/C34H56NO11P/c1-20(5-11-30(39)35-17-32(41)46-19-45-31(40)12-6-22(21(2)36)18-47(42,43)44)26-9-10-27-25-8-7-23-15-24(37)13-14-33(23,3)28(25)16-29(38)34(26,27)4/h20,22-29,37-38H,5-19H2,1-4H3,(H,35,39)(H2,42,43,44)/t20-,22?,23-,24-,25?,26?,27?,28?,29+,33+,34-/m1/s1. The van der Waals surface area contributed by atoms with E-state index in [1.54, 1.807) is 0 Å². The van der Waals surface area contributed by atoms with Crippen molar-refractivity contribution in [1.82, 2.24) is 5.32 Å². The minimum absolute atomic E-state index is 0.103. The van der Waals surface area contributed by atoms with Gasteiger partial charge in [-0.2, -0.15) is 0 Å². The van der Waals surface area contributed by atoms with Gasteiger partial charge < -0.3 is 34.8 Å². The van der Waals surface area contributed by atoms with Gasteiger partial charge in [0.15, 0.2) is 0 Å². The Balaban J connectivity index is 1.17. The molecule has 4 aliphatic rings. The molecule has 0 bridgehead atoms. The smallest absolute Gasteiger partial charge is 0.328 e. The normalized spacial score (nSPS) is 36.2. The number of ether oxygens (including phenoxy) is 2. The zero-order chi connectivity index (χ0) is 34.7. The molecule has 0 radical (unpaired) electrons. The highest BCUT2D eigenvalue weighted by Crippen LogP contribution is 2.68. The lowest BCUT2D eigenvalue weighted by atomic mass is 9.43. The average Bonchev–Trinajstić information content (AvgIpc) is 3.36. The van der Waals surface area contributed by atoms with E-state index in [2.05, 4.69) is 26.1 Å². The van der Waals surface area contributed by atoms with Crippen molar-refractivity contribution < 1.29 is 53.2 Å². The van der Waals surface area contributed by atoms with Crippen LogP contribution >= 0.6 is 7.60 Å². The quantitative estimate of drug-likeness (QED) is 0.102. The lowest BCUT2D eigenvalue weighted by Gasteiger charge is -2.62. The first-order valence-corrected chi connectivity index (χ1v) is 19.2. The molecule has 4 fully saturated rings. The van der Waals surface area contributed by atoms with E-state index in [0.717, 1.165) is 44.9 Å². The van der Waals surface area contributed by atoms with Crippen molar-refractivity contribution in [2.75, 3.05) is 19.5 Å². The molecule has 12 nitrogen and oxygen atoms in total. The third-order valence-corrected chi connectivity index (χ3v) is 13.8. The van der Waals surface area contributed by atoms with Gasteiger partial charge in [-0.15, -0.1) is 0 Å². The number of amides is 1. The van der Waals surface area contributed by atoms with Gasteiger partial charge in [-0.05, 0) is 117 Å². The number of aliphatic hydroxyl groups excluding tert-OH is 2. The molecule has 5 unspecified atom stereocenters. The number of Topliss-reactive ketones (excluding diaryl/α,β-unsaturated/α-hetero) is 1. The van der Waals surface area contributed by atoms with E-state index in [4.69, 9.17) is 19.3 Å². The van der Waals surface area contributed by atoms with Gasteiger partial charge in [0, 0.05) is 18.8 Å². The Labute approximate surface area is 278 Å². The van der Waals surface area contributed by atoms with Crippen LogP contribution in [0.3, 0.4) is 0 Å². The lowest BCUT2D eigenvalue weighted by molar-refractivity contribution is -0.175. The van der Waals surface area contributed by atoms with Crippen molar-refractivity contribution in [1.29, 1.82) is 0 Å². The summed E-state index contributed by atoms with van der Waals surface area (Å²) in [4.78, 5) is 66.3. The van der Waals surface area contributed by atoms with Gasteiger partial charge in [0.05, 0.1) is 18.4 Å². The highest BCUT2D eigenvalue weighted by molar-refractivity contribution is 7.51. The fraction of sp³-hybridized carbons (Fsp3) is 0.882. The molecule has 5 N–H and O–H groups in total. The maximum Gasteiger partial charge on any atom is 0.328 e. The molecule has 13 heteroatoms. The molecule has 1 amide bonds. The summed E-state index contributed by atoms with van der Waals surface area (Å²) < 4.78 is 20.8. The maximum absolute atomic E-state index is 12.6. The van der Waals surface area contributed by atoms with Gasteiger partial charge in [-0.1, -0.05) is 20.8 Å². The molecule has 0 aromatic rings. The summed E-state index contributed by atoms with van der Waals surface area (Å²) in [6, 6.07) is 0. The Kier molecular flexibility index (Phi) is 12.4. The van der Waals surface area contributed by atoms with Crippen LogP contribution in [0.2, 0.25) is 0 Å². The maximum atomic E-state index is 12.6. The SMILES string of the molecule is CC(=O)C(CCC(=O)OCOC(=O)CNC(=O)CC[C@@H](C)C1CCC2C3CC[C@@H]4C[C@H](O)CC[C@]4(C)C3C[C@H](O)[C@@]21C)CP(=O)(O)O. The molecule has 47 heavy (non-hydrogen) atoms. The lowest BCUT2D eigenvalue weighted by Crippen LogP contribution is -2.58. The predicted octanol–water partition coefficient (Wildman–Crippen LogP) is 3.72. The number of hydrogen-bond donors (Lipinski definition) is 5. The second-order valence-electron chi connectivity index (χ2n) is 15.5. The van der Waals surface area contributed by atoms with Crippen LogP contribution in [0.25, 0.3) is 0 Å². The second kappa shape index (κ2) is 15.4. The highest BCUT2D eigenvalue weighted by atomic mass is 31.2. The van der Waals surface area contributed by atoms with Crippen LogP contribution in [-0.2, 0) is 33.2 Å². The number of esters is 2. The fourth-order valence-electron chi connectivity index (χ4n) is 10.3. The van der Waals surface area contributed by atoms with Gasteiger partial charge >= 0.3 is 19.5 Å². The van der Waals surface area contributed by atoms with Crippen molar-refractivity contribution in [2.45, 2.75) is 117 Å². The first-order valence-electron chi connectivity index (χ1n) is 17.4. The van der Waals surface area contributed by atoms with E-state index in [1.165, 1.54) is 13.3 Å². The van der Waals surface area contributed by atoms with Gasteiger partial charge in [0.25, 0.3) is 0 Å². The third-order valence-electron chi connectivity index (χ3n) is 12.9. The Morgan fingerprint density at radius 2 is 1.62 bits per heavy atom. The Hall–Kier alpha value is -1.85.